The topological polar surface area (TPSA) is 80.1 Å². The number of carbonyl (C=O) groups excluding carboxylic acids is 1. The molecule has 0 atom stereocenters. The fraction of sp³-hybridized carbons (Fsp3) is 0.368. The molecule has 1 amide bonds. The first-order valence-corrected chi connectivity index (χ1v) is 9.81. The van der Waals surface area contributed by atoms with E-state index in [4.69, 9.17) is 0 Å². The van der Waals surface area contributed by atoms with Crippen molar-refractivity contribution in [2.45, 2.75) is 33.2 Å². The molecule has 27 heavy (non-hydrogen) atoms. The van der Waals surface area contributed by atoms with Gasteiger partial charge in [-0.15, -0.1) is 0 Å². The molecule has 0 spiro atoms. The lowest BCUT2D eigenvalue weighted by Crippen LogP contribution is -2.27. The number of thiazole rings is 1. The Morgan fingerprint density at radius 1 is 1.22 bits per heavy atom. The van der Waals surface area contributed by atoms with Gasteiger partial charge in [0.05, 0.1) is 0 Å². The van der Waals surface area contributed by atoms with Crippen molar-refractivity contribution in [3.8, 4) is 0 Å². The Labute approximate surface area is 160 Å². The van der Waals surface area contributed by atoms with Crippen molar-refractivity contribution < 1.29 is 4.79 Å². The summed E-state index contributed by atoms with van der Waals surface area (Å²) in [6.07, 6.45) is 3.69. The van der Waals surface area contributed by atoms with Crippen LogP contribution < -0.4 is 15.8 Å². The van der Waals surface area contributed by atoms with Gasteiger partial charge in [-0.05, 0) is 49.9 Å². The molecule has 0 saturated carbocycles. The van der Waals surface area contributed by atoms with Crippen molar-refractivity contribution >= 4 is 38.4 Å². The van der Waals surface area contributed by atoms with Crippen LogP contribution in [0.1, 0.15) is 24.0 Å². The number of aromatic nitrogens is 3. The van der Waals surface area contributed by atoms with E-state index in [1.807, 2.05) is 32.0 Å². The van der Waals surface area contributed by atoms with Crippen molar-refractivity contribution in [2.75, 3.05) is 23.3 Å². The fourth-order valence-corrected chi connectivity index (χ4v) is 4.19. The normalized spacial score (nSPS) is 14.1. The van der Waals surface area contributed by atoms with Gasteiger partial charge >= 0.3 is 0 Å². The number of amides is 1. The van der Waals surface area contributed by atoms with Crippen LogP contribution in [0.3, 0.4) is 0 Å². The van der Waals surface area contributed by atoms with E-state index in [2.05, 4.69) is 20.2 Å². The average Bonchev–Trinajstić information content (AvgIpc) is 3.30. The molecule has 3 heterocycles. The van der Waals surface area contributed by atoms with Crippen molar-refractivity contribution in [3.63, 3.8) is 0 Å². The van der Waals surface area contributed by atoms with Gasteiger partial charge in [-0.25, -0.2) is 4.98 Å². The van der Waals surface area contributed by atoms with Gasteiger partial charge in [0.15, 0.2) is 10.8 Å². The summed E-state index contributed by atoms with van der Waals surface area (Å²) in [5.41, 5.74) is 3.22. The Hall–Kier alpha value is -2.74. The molecule has 1 aliphatic rings. The SMILES string of the molecule is Cc1ccc(NC(=O)Cn2cnc3nc(N4CCCC4)sc3c2=O)cc1C. The third-order valence-corrected chi connectivity index (χ3v) is 5.95. The number of fused-ring (bicyclic) bond motifs is 1. The average molecular weight is 383 g/mol. The van der Waals surface area contributed by atoms with E-state index in [-0.39, 0.29) is 18.0 Å². The number of nitrogens with one attached hydrogen (secondary N) is 1. The smallest absolute Gasteiger partial charge is 0.273 e. The van der Waals surface area contributed by atoms with Gasteiger partial charge in [-0.3, -0.25) is 14.2 Å². The summed E-state index contributed by atoms with van der Waals surface area (Å²) in [6.45, 7) is 5.87. The van der Waals surface area contributed by atoms with E-state index in [1.54, 1.807) is 0 Å². The number of aryl methyl sites for hydroxylation is 2. The van der Waals surface area contributed by atoms with Crippen LogP contribution in [0.25, 0.3) is 10.3 Å². The minimum atomic E-state index is -0.259. The Kier molecular flexibility index (Phi) is 4.65. The van der Waals surface area contributed by atoms with E-state index in [9.17, 15) is 9.59 Å². The van der Waals surface area contributed by atoms with E-state index in [1.165, 1.54) is 22.2 Å². The number of rotatable bonds is 4. The van der Waals surface area contributed by atoms with E-state index >= 15 is 0 Å². The summed E-state index contributed by atoms with van der Waals surface area (Å²) in [4.78, 5) is 36.0. The molecule has 3 aromatic rings. The molecule has 1 N–H and O–H groups in total. The zero-order valence-electron chi connectivity index (χ0n) is 15.4. The molecular formula is C19H21N5O2S. The summed E-state index contributed by atoms with van der Waals surface area (Å²) in [7, 11) is 0. The van der Waals surface area contributed by atoms with Gasteiger partial charge in [0, 0.05) is 18.8 Å². The third kappa shape index (κ3) is 3.57. The van der Waals surface area contributed by atoms with Gasteiger partial charge < -0.3 is 10.2 Å². The van der Waals surface area contributed by atoms with Crippen LogP contribution >= 0.6 is 11.3 Å². The summed E-state index contributed by atoms with van der Waals surface area (Å²) in [6, 6.07) is 5.74. The molecule has 0 unspecified atom stereocenters. The van der Waals surface area contributed by atoms with Crippen molar-refractivity contribution in [1.29, 1.82) is 0 Å². The highest BCUT2D eigenvalue weighted by Gasteiger charge is 2.19. The molecular weight excluding hydrogens is 362 g/mol. The molecule has 2 aromatic heterocycles. The Morgan fingerprint density at radius 3 is 2.74 bits per heavy atom. The maximum Gasteiger partial charge on any atom is 0.273 e. The summed E-state index contributed by atoms with van der Waals surface area (Å²) in [5, 5.41) is 3.67. The summed E-state index contributed by atoms with van der Waals surface area (Å²) >= 11 is 1.36. The van der Waals surface area contributed by atoms with Gasteiger partial charge in [0.1, 0.15) is 17.6 Å². The number of nitrogens with zero attached hydrogens (tertiary/aromatic N) is 4. The van der Waals surface area contributed by atoms with Crippen molar-refractivity contribution in [3.05, 3.63) is 46.0 Å². The lowest BCUT2D eigenvalue weighted by Gasteiger charge is -2.11. The molecule has 1 fully saturated rings. The largest absolute Gasteiger partial charge is 0.348 e. The number of hydrogen-bond donors (Lipinski definition) is 1. The zero-order valence-corrected chi connectivity index (χ0v) is 16.2. The minimum absolute atomic E-state index is 0.0777. The van der Waals surface area contributed by atoms with Crippen LogP contribution in [0, 0.1) is 13.8 Å². The number of hydrogen-bond acceptors (Lipinski definition) is 6. The first kappa shape index (κ1) is 17.7. The molecule has 0 radical (unpaired) electrons. The molecule has 0 bridgehead atoms. The molecule has 4 rings (SSSR count). The Balaban J connectivity index is 1.54. The molecule has 1 saturated heterocycles. The molecule has 1 aromatic carbocycles. The second-order valence-electron chi connectivity index (χ2n) is 6.87. The maximum absolute atomic E-state index is 12.7. The van der Waals surface area contributed by atoms with Crippen LogP contribution in [-0.4, -0.2) is 33.5 Å². The van der Waals surface area contributed by atoms with E-state index in [0.717, 1.165) is 47.9 Å². The number of anilines is 2. The molecule has 140 valence electrons. The lowest BCUT2D eigenvalue weighted by molar-refractivity contribution is -0.116. The first-order valence-electron chi connectivity index (χ1n) is 8.99. The van der Waals surface area contributed by atoms with Gasteiger partial charge in [0.2, 0.25) is 5.91 Å². The van der Waals surface area contributed by atoms with Crippen LogP contribution in [0.15, 0.2) is 29.3 Å². The lowest BCUT2D eigenvalue weighted by atomic mass is 10.1. The monoisotopic (exact) mass is 383 g/mol. The zero-order chi connectivity index (χ0) is 19.0. The van der Waals surface area contributed by atoms with E-state index < -0.39 is 0 Å². The molecule has 7 nitrogen and oxygen atoms in total. The van der Waals surface area contributed by atoms with Gasteiger partial charge in [0.25, 0.3) is 5.56 Å². The fourth-order valence-electron chi connectivity index (χ4n) is 3.17. The molecule has 1 aliphatic heterocycles. The first-order chi connectivity index (χ1) is 13.0. The second-order valence-corrected chi connectivity index (χ2v) is 7.85. The van der Waals surface area contributed by atoms with Crippen molar-refractivity contribution in [1.82, 2.24) is 14.5 Å². The summed E-state index contributed by atoms with van der Waals surface area (Å²) < 4.78 is 1.84. The second kappa shape index (κ2) is 7.11. The van der Waals surface area contributed by atoms with Crippen molar-refractivity contribution in [2.24, 2.45) is 0 Å². The predicted molar refractivity (Wildman–Crippen MR) is 108 cm³/mol. The standard InChI is InChI=1S/C19H21N5O2S/c1-12-5-6-14(9-13(12)2)21-15(25)10-24-11-20-17-16(18(24)26)27-19(22-17)23-7-3-4-8-23/h5-6,9,11H,3-4,7-8,10H2,1-2H3,(H,21,25). The Morgan fingerprint density at radius 2 is 2.00 bits per heavy atom. The Bertz CT molecular complexity index is 1070. The van der Waals surface area contributed by atoms with Crippen LogP contribution in [0.4, 0.5) is 10.8 Å². The summed E-state index contributed by atoms with van der Waals surface area (Å²) in [5.74, 6) is -0.259. The molecule has 0 aliphatic carbocycles. The van der Waals surface area contributed by atoms with E-state index in [0.29, 0.717) is 10.3 Å². The van der Waals surface area contributed by atoms with Gasteiger partial charge in [-0.2, -0.15) is 4.98 Å². The quantitative estimate of drug-likeness (QED) is 0.749. The van der Waals surface area contributed by atoms with Gasteiger partial charge in [-0.1, -0.05) is 17.4 Å². The highest BCUT2D eigenvalue weighted by molar-refractivity contribution is 7.22. The number of carbonyl (C=O) groups is 1. The highest BCUT2D eigenvalue weighted by Crippen LogP contribution is 2.27. The third-order valence-electron chi connectivity index (χ3n) is 4.85. The highest BCUT2D eigenvalue weighted by atomic mass is 32.1. The molecule has 8 heteroatoms. The van der Waals surface area contributed by atoms with Crippen LogP contribution in [-0.2, 0) is 11.3 Å². The maximum atomic E-state index is 12.7. The predicted octanol–water partition coefficient (Wildman–Crippen LogP) is 2.71. The minimum Gasteiger partial charge on any atom is -0.348 e. The number of benzene rings is 1. The van der Waals surface area contributed by atoms with Crippen LogP contribution in [0.2, 0.25) is 0 Å². The van der Waals surface area contributed by atoms with Crippen LogP contribution in [0.5, 0.6) is 0 Å².